The van der Waals surface area contributed by atoms with Crippen molar-refractivity contribution in [3.63, 3.8) is 0 Å². The van der Waals surface area contributed by atoms with E-state index in [4.69, 9.17) is 0 Å². The Bertz CT molecular complexity index is 760. The summed E-state index contributed by atoms with van der Waals surface area (Å²) in [5.41, 5.74) is 2.21. The molecule has 0 radical (unpaired) electrons. The molecule has 0 unspecified atom stereocenters. The van der Waals surface area contributed by atoms with Gasteiger partial charge in [-0.2, -0.15) is 0 Å². The van der Waals surface area contributed by atoms with Gasteiger partial charge in [-0.1, -0.05) is 5.92 Å². The van der Waals surface area contributed by atoms with Gasteiger partial charge in [-0.3, -0.25) is 4.98 Å². The topological polar surface area (TPSA) is 64.5 Å². The van der Waals surface area contributed by atoms with E-state index in [-0.39, 0.29) is 0 Å². The van der Waals surface area contributed by atoms with Crippen molar-refractivity contribution in [2.24, 2.45) is 0 Å². The minimum absolute atomic E-state index is 0.536. The lowest BCUT2D eigenvalue weighted by Gasteiger charge is -1.97. The SMILES string of the molecule is C(#Cc1ccnc(-c2ccncn2)n1)c1ccncc1. The minimum atomic E-state index is 0.536. The Morgan fingerprint density at radius 1 is 0.750 bits per heavy atom. The van der Waals surface area contributed by atoms with Crippen molar-refractivity contribution in [3.8, 4) is 23.4 Å². The zero-order valence-corrected chi connectivity index (χ0v) is 10.4. The predicted octanol–water partition coefficient (Wildman–Crippen LogP) is 1.73. The Hall–Kier alpha value is -3.13. The van der Waals surface area contributed by atoms with Crippen LogP contribution in [0.3, 0.4) is 0 Å². The lowest BCUT2D eigenvalue weighted by Crippen LogP contribution is -1.93. The number of hydrogen-bond donors (Lipinski definition) is 0. The van der Waals surface area contributed by atoms with Crippen LogP contribution in [0.2, 0.25) is 0 Å². The van der Waals surface area contributed by atoms with Crippen LogP contribution in [-0.4, -0.2) is 24.9 Å². The van der Waals surface area contributed by atoms with Crippen LogP contribution in [0.25, 0.3) is 11.5 Å². The van der Waals surface area contributed by atoms with Gasteiger partial charge >= 0.3 is 0 Å². The van der Waals surface area contributed by atoms with E-state index in [0.717, 1.165) is 5.56 Å². The van der Waals surface area contributed by atoms with Crippen LogP contribution in [0.1, 0.15) is 11.3 Å². The molecular formula is C15H9N5. The molecule has 94 valence electrons. The Labute approximate surface area is 115 Å². The average Bonchev–Trinajstić information content (AvgIpc) is 2.55. The molecule has 0 saturated carbocycles. The van der Waals surface area contributed by atoms with E-state index >= 15 is 0 Å². The van der Waals surface area contributed by atoms with Crippen LogP contribution in [0, 0.1) is 11.8 Å². The summed E-state index contributed by atoms with van der Waals surface area (Å²) in [5, 5.41) is 0. The largest absolute Gasteiger partial charge is 0.265 e. The first-order valence-electron chi connectivity index (χ1n) is 5.93. The van der Waals surface area contributed by atoms with Gasteiger partial charge in [0.15, 0.2) is 5.82 Å². The second kappa shape index (κ2) is 5.67. The summed E-state index contributed by atoms with van der Waals surface area (Å²) < 4.78 is 0. The molecule has 5 nitrogen and oxygen atoms in total. The normalized spacial score (nSPS) is 9.60. The van der Waals surface area contributed by atoms with Crippen molar-refractivity contribution >= 4 is 0 Å². The molecule has 0 amide bonds. The molecule has 0 spiro atoms. The molecule has 0 atom stereocenters. The summed E-state index contributed by atoms with van der Waals surface area (Å²) in [7, 11) is 0. The average molecular weight is 259 g/mol. The predicted molar refractivity (Wildman–Crippen MR) is 73.3 cm³/mol. The fourth-order valence-corrected chi connectivity index (χ4v) is 1.55. The van der Waals surface area contributed by atoms with E-state index in [1.54, 1.807) is 36.9 Å². The lowest BCUT2D eigenvalue weighted by atomic mass is 10.2. The Morgan fingerprint density at radius 3 is 2.40 bits per heavy atom. The maximum atomic E-state index is 4.37. The number of rotatable bonds is 1. The van der Waals surface area contributed by atoms with Gasteiger partial charge in [-0.05, 0) is 30.2 Å². The molecular weight excluding hydrogens is 250 g/mol. The Kier molecular flexibility index (Phi) is 3.38. The molecule has 0 saturated heterocycles. The van der Waals surface area contributed by atoms with Gasteiger partial charge in [-0.25, -0.2) is 19.9 Å². The van der Waals surface area contributed by atoms with Crippen molar-refractivity contribution in [2.45, 2.75) is 0 Å². The minimum Gasteiger partial charge on any atom is -0.265 e. The van der Waals surface area contributed by atoms with Gasteiger partial charge in [0.05, 0.1) is 0 Å². The summed E-state index contributed by atoms with van der Waals surface area (Å²) in [5.74, 6) is 6.56. The van der Waals surface area contributed by atoms with Crippen molar-refractivity contribution in [1.29, 1.82) is 0 Å². The zero-order valence-electron chi connectivity index (χ0n) is 10.4. The first-order valence-corrected chi connectivity index (χ1v) is 5.93. The van der Waals surface area contributed by atoms with E-state index in [1.807, 2.05) is 12.1 Å². The smallest absolute Gasteiger partial charge is 0.179 e. The second-order valence-electron chi connectivity index (χ2n) is 3.85. The highest BCUT2D eigenvalue weighted by molar-refractivity contribution is 5.49. The molecule has 0 fully saturated rings. The monoisotopic (exact) mass is 259 g/mol. The maximum Gasteiger partial charge on any atom is 0.179 e. The third-order valence-corrected chi connectivity index (χ3v) is 2.48. The molecule has 0 aliphatic heterocycles. The van der Waals surface area contributed by atoms with Gasteiger partial charge in [0.2, 0.25) is 0 Å². The van der Waals surface area contributed by atoms with Crippen LogP contribution in [0.15, 0.2) is 55.4 Å². The first kappa shape index (κ1) is 11.9. The molecule has 0 aliphatic carbocycles. The molecule has 3 aromatic heterocycles. The zero-order chi connectivity index (χ0) is 13.6. The van der Waals surface area contributed by atoms with Crippen LogP contribution in [0.4, 0.5) is 0 Å². The fourth-order valence-electron chi connectivity index (χ4n) is 1.55. The van der Waals surface area contributed by atoms with E-state index < -0.39 is 0 Å². The molecule has 0 N–H and O–H groups in total. The third-order valence-electron chi connectivity index (χ3n) is 2.48. The van der Waals surface area contributed by atoms with Crippen molar-refractivity contribution < 1.29 is 0 Å². The van der Waals surface area contributed by atoms with Gasteiger partial charge in [0, 0.05) is 30.4 Å². The van der Waals surface area contributed by atoms with Crippen molar-refractivity contribution in [2.75, 3.05) is 0 Å². The maximum absolute atomic E-state index is 4.37. The number of nitrogens with zero attached hydrogens (tertiary/aromatic N) is 5. The summed E-state index contributed by atoms with van der Waals surface area (Å²) in [6, 6.07) is 7.22. The van der Waals surface area contributed by atoms with E-state index in [1.165, 1.54) is 6.33 Å². The summed E-state index contributed by atoms with van der Waals surface area (Å²) in [6.45, 7) is 0. The molecule has 0 bridgehead atoms. The molecule has 0 aromatic carbocycles. The van der Waals surface area contributed by atoms with Crippen LogP contribution >= 0.6 is 0 Å². The highest BCUT2D eigenvalue weighted by Gasteiger charge is 2.01. The molecule has 5 heteroatoms. The van der Waals surface area contributed by atoms with E-state index in [9.17, 15) is 0 Å². The molecule has 0 aliphatic rings. The Morgan fingerprint density at radius 2 is 1.60 bits per heavy atom. The summed E-state index contributed by atoms with van der Waals surface area (Å²) in [6.07, 6.45) is 8.20. The van der Waals surface area contributed by atoms with Gasteiger partial charge in [0.1, 0.15) is 17.7 Å². The quantitative estimate of drug-likeness (QED) is 0.623. The molecule has 3 rings (SSSR count). The highest BCUT2D eigenvalue weighted by Crippen LogP contribution is 2.09. The second-order valence-corrected chi connectivity index (χ2v) is 3.85. The van der Waals surface area contributed by atoms with Gasteiger partial charge < -0.3 is 0 Å². The molecule has 3 heterocycles. The lowest BCUT2D eigenvalue weighted by molar-refractivity contribution is 1.09. The van der Waals surface area contributed by atoms with Crippen molar-refractivity contribution in [1.82, 2.24) is 24.9 Å². The van der Waals surface area contributed by atoms with Gasteiger partial charge in [-0.15, -0.1) is 0 Å². The van der Waals surface area contributed by atoms with Crippen LogP contribution in [-0.2, 0) is 0 Å². The number of aromatic nitrogens is 5. The number of pyridine rings is 1. The summed E-state index contributed by atoms with van der Waals surface area (Å²) >= 11 is 0. The fraction of sp³-hybridized carbons (Fsp3) is 0. The standard InChI is InChI=1S/C15H9N5/c1(12-3-7-16-8-4-12)2-13-5-10-18-15(20-13)14-6-9-17-11-19-14/h3-11H. The molecule has 20 heavy (non-hydrogen) atoms. The number of hydrogen-bond acceptors (Lipinski definition) is 5. The summed E-state index contributed by atoms with van der Waals surface area (Å²) in [4.78, 5) is 20.5. The Balaban J connectivity index is 1.91. The van der Waals surface area contributed by atoms with Crippen LogP contribution < -0.4 is 0 Å². The van der Waals surface area contributed by atoms with E-state index in [2.05, 4.69) is 36.8 Å². The third kappa shape index (κ3) is 2.82. The van der Waals surface area contributed by atoms with Gasteiger partial charge in [0.25, 0.3) is 0 Å². The first-order chi connectivity index (χ1) is 9.92. The molecule has 3 aromatic rings. The van der Waals surface area contributed by atoms with E-state index in [0.29, 0.717) is 17.2 Å². The highest BCUT2D eigenvalue weighted by atomic mass is 14.9. The van der Waals surface area contributed by atoms with Crippen molar-refractivity contribution in [3.05, 3.63) is 66.6 Å². The van der Waals surface area contributed by atoms with Crippen LogP contribution in [0.5, 0.6) is 0 Å².